The molecule has 0 saturated carbocycles. The summed E-state index contributed by atoms with van der Waals surface area (Å²) in [6, 6.07) is 0. The zero-order valence-corrected chi connectivity index (χ0v) is 10.4. The Balaban J connectivity index is 2.71. The average molecular weight is 283 g/mol. The van der Waals surface area contributed by atoms with E-state index >= 15 is 0 Å². The number of halogens is 3. The Morgan fingerprint density at radius 1 is 1.35 bits per heavy atom. The third kappa shape index (κ3) is 2.26. The number of hydrogen-bond donors (Lipinski definition) is 0. The fourth-order valence-corrected chi connectivity index (χ4v) is 2.56. The van der Waals surface area contributed by atoms with E-state index in [1.807, 2.05) is 0 Å². The van der Waals surface area contributed by atoms with Gasteiger partial charge < -0.3 is 0 Å². The molecule has 0 saturated heterocycles. The fourth-order valence-electron chi connectivity index (χ4n) is 1.73. The second-order valence-electron chi connectivity index (χ2n) is 3.95. The van der Waals surface area contributed by atoms with Gasteiger partial charge in [-0.3, -0.25) is 0 Å². The van der Waals surface area contributed by atoms with Gasteiger partial charge in [0.05, 0.1) is 0 Å². The van der Waals surface area contributed by atoms with Crippen LogP contribution in [0.1, 0.15) is 24.1 Å². The van der Waals surface area contributed by atoms with Crippen LogP contribution in [0.5, 0.6) is 0 Å². The fraction of sp³-hybridized carbons (Fsp3) is 0.556. The maximum atomic E-state index is 13.6. The van der Waals surface area contributed by atoms with E-state index in [-0.39, 0.29) is 23.6 Å². The molecule has 4 nitrogen and oxygen atoms in total. The van der Waals surface area contributed by atoms with Crippen molar-refractivity contribution in [2.45, 2.75) is 30.3 Å². The van der Waals surface area contributed by atoms with Gasteiger partial charge in [0.2, 0.25) is 15.0 Å². The van der Waals surface area contributed by atoms with Crippen LogP contribution in [0.2, 0.25) is 5.15 Å². The minimum Gasteiger partial charge on any atom is -0.221 e. The lowest BCUT2D eigenvalue weighted by Crippen LogP contribution is -2.25. The zero-order valence-electron chi connectivity index (χ0n) is 8.87. The highest BCUT2D eigenvalue weighted by Crippen LogP contribution is 2.40. The molecule has 17 heavy (non-hydrogen) atoms. The number of aromatic nitrogens is 2. The van der Waals surface area contributed by atoms with Crippen LogP contribution in [-0.2, 0) is 22.2 Å². The SMILES string of the molecule is CS(=O)(=O)c1nc(Cl)c2c(n1)C(F)(F)CCC2. The summed E-state index contributed by atoms with van der Waals surface area (Å²) in [5.41, 5.74) is -0.403. The van der Waals surface area contributed by atoms with Gasteiger partial charge in [-0.15, -0.1) is 0 Å². The number of fused-ring (bicyclic) bond motifs is 1. The zero-order chi connectivity index (χ0) is 12.8. The molecule has 1 aliphatic carbocycles. The van der Waals surface area contributed by atoms with E-state index in [4.69, 9.17) is 11.6 Å². The predicted octanol–water partition coefficient (Wildman–Crippen LogP) is 1.96. The summed E-state index contributed by atoms with van der Waals surface area (Å²) in [6.07, 6.45) is 1.12. The molecule has 8 heteroatoms. The number of sulfone groups is 1. The summed E-state index contributed by atoms with van der Waals surface area (Å²) < 4.78 is 49.7. The van der Waals surface area contributed by atoms with Crippen molar-refractivity contribution in [2.75, 3.05) is 6.26 Å². The summed E-state index contributed by atoms with van der Waals surface area (Å²) in [4.78, 5) is 7.02. The Bertz CT molecular complexity index is 575. The first-order valence-corrected chi connectivity index (χ1v) is 7.13. The molecule has 0 fully saturated rings. The topological polar surface area (TPSA) is 59.9 Å². The Kier molecular flexibility index (Phi) is 2.86. The van der Waals surface area contributed by atoms with Crippen molar-refractivity contribution in [1.82, 2.24) is 9.97 Å². The van der Waals surface area contributed by atoms with Crippen molar-refractivity contribution >= 4 is 21.4 Å². The number of nitrogens with zero attached hydrogens (tertiary/aromatic N) is 2. The van der Waals surface area contributed by atoms with Gasteiger partial charge in [0, 0.05) is 18.2 Å². The number of rotatable bonds is 1. The highest BCUT2D eigenvalue weighted by atomic mass is 35.5. The first kappa shape index (κ1) is 12.6. The molecule has 0 amide bonds. The maximum Gasteiger partial charge on any atom is 0.290 e. The molecule has 0 atom stereocenters. The molecule has 1 aromatic rings. The first-order chi connectivity index (χ1) is 7.72. The van der Waals surface area contributed by atoms with E-state index in [0.29, 0.717) is 6.42 Å². The van der Waals surface area contributed by atoms with Gasteiger partial charge in [0.15, 0.2) is 0 Å². The molecule has 0 N–H and O–H groups in total. The second-order valence-corrected chi connectivity index (χ2v) is 6.22. The second kappa shape index (κ2) is 3.84. The van der Waals surface area contributed by atoms with E-state index in [2.05, 4.69) is 9.97 Å². The highest BCUT2D eigenvalue weighted by molar-refractivity contribution is 7.90. The summed E-state index contributed by atoms with van der Waals surface area (Å²) >= 11 is 5.73. The molecule has 94 valence electrons. The van der Waals surface area contributed by atoms with Crippen LogP contribution in [0.4, 0.5) is 8.78 Å². The molecule has 1 aromatic heterocycles. The lowest BCUT2D eigenvalue weighted by atomic mass is 9.94. The molecule has 0 aliphatic heterocycles. The van der Waals surface area contributed by atoms with E-state index in [0.717, 1.165) is 6.26 Å². The monoisotopic (exact) mass is 282 g/mol. The van der Waals surface area contributed by atoms with E-state index in [9.17, 15) is 17.2 Å². The summed E-state index contributed by atoms with van der Waals surface area (Å²) in [5, 5.41) is -0.849. The minimum absolute atomic E-state index is 0.148. The first-order valence-electron chi connectivity index (χ1n) is 4.86. The molecule has 0 spiro atoms. The lowest BCUT2D eigenvalue weighted by Gasteiger charge is -2.24. The standard InChI is InChI=1S/C9H9ClF2N2O2S/c1-17(15,16)8-13-6-5(7(10)14-8)3-2-4-9(6,11)12/h2-4H2,1H3. The van der Waals surface area contributed by atoms with Crippen LogP contribution in [0, 0.1) is 0 Å². The normalized spacial score (nSPS) is 18.8. The molecule has 0 bridgehead atoms. The average Bonchev–Trinajstić information content (AvgIpc) is 2.17. The number of hydrogen-bond acceptors (Lipinski definition) is 4. The Morgan fingerprint density at radius 3 is 2.59 bits per heavy atom. The van der Waals surface area contributed by atoms with Gasteiger partial charge in [-0.1, -0.05) is 11.6 Å². The van der Waals surface area contributed by atoms with Crippen molar-refractivity contribution < 1.29 is 17.2 Å². The van der Waals surface area contributed by atoms with Gasteiger partial charge in [-0.05, 0) is 12.8 Å². The van der Waals surface area contributed by atoms with Crippen LogP contribution in [0.25, 0.3) is 0 Å². The third-order valence-electron chi connectivity index (χ3n) is 2.53. The highest BCUT2D eigenvalue weighted by Gasteiger charge is 2.40. The Hall–Kier alpha value is -0.820. The summed E-state index contributed by atoms with van der Waals surface area (Å²) in [5.74, 6) is -3.14. The van der Waals surface area contributed by atoms with E-state index < -0.39 is 26.6 Å². The molecule has 1 aliphatic rings. The summed E-state index contributed by atoms with van der Waals surface area (Å²) in [6.45, 7) is 0. The van der Waals surface area contributed by atoms with Crippen LogP contribution in [0.3, 0.4) is 0 Å². The van der Waals surface area contributed by atoms with Gasteiger partial charge >= 0.3 is 0 Å². The van der Waals surface area contributed by atoms with Crippen molar-refractivity contribution in [2.24, 2.45) is 0 Å². The molecule has 0 unspecified atom stereocenters. The van der Waals surface area contributed by atoms with Gasteiger partial charge in [-0.25, -0.2) is 18.4 Å². The third-order valence-corrected chi connectivity index (χ3v) is 3.69. The smallest absolute Gasteiger partial charge is 0.221 e. The number of alkyl halides is 2. The molecular formula is C9H9ClF2N2O2S. The Labute approximate surface area is 102 Å². The van der Waals surface area contributed by atoms with E-state index in [1.165, 1.54) is 0 Å². The summed E-state index contributed by atoms with van der Waals surface area (Å²) in [7, 11) is -3.75. The van der Waals surface area contributed by atoms with Crippen LogP contribution in [0.15, 0.2) is 5.16 Å². The van der Waals surface area contributed by atoms with Crippen molar-refractivity contribution in [1.29, 1.82) is 0 Å². The molecular weight excluding hydrogens is 274 g/mol. The van der Waals surface area contributed by atoms with Gasteiger partial charge in [0.25, 0.3) is 5.92 Å². The van der Waals surface area contributed by atoms with Crippen LogP contribution in [-0.4, -0.2) is 24.6 Å². The maximum absolute atomic E-state index is 13.6. The molecule has 0 radical (unpaired) electrons. The van der Waals surface area contributed by atoms with Crippen molar-refractivity contribution in [3.05, 3.63) is 16.4 Å². The largest absolute Gasteiger partial charge is 0.290 e. The van der Waals surface area contributed by atoms with Gasteiger partial charge in [-0.2, -0.15) is 8.78 Å². The molecule has 2 rings (SSSR count). The molecule has 0 aromatic carbocycles. The van der Waals surface area contributed by atoms with E-state index in [1.54, 1.807) is 0 Å². The molecule has 1 heterocycles. The van der Waals surface area contributed by atoms with Crippen LogP contribution >= 0.6 is 11.6 Å². The predicted molar refractivity (Wildman–Crippen MR) is 57.0 cm³/mol. The van der Waals surface area contributed by atoms with Gasteiger partial charge in [0.1, 0.15) is 10.8 Å². The lowest BCUT2D eigenvalue weighted by molar-refractivity contribution is -0.0271. The van der Waals surface area contributed by atoms with Crippen LogP contribution < -0.4 is 0 Å². The quantitative estimate of drug-likeness (QED) is 0.583. The van der Waals surface area contributed by atoms with Crippen molar-refractivity contribution in [3.8, 4) is 0 Å². The van der Waals surface area contributed by atoms with Crippen molar-refractivity contribution in [3.63, 3.8) is 0 Å². The minimum atomic E-state index is -3.75. The Morgan fingerprint density at radius 2 is 2.00 bits per heavy atom.